The van der Waals surface area contributed by atoms with Gasteiger partial charge in [0.25, 0.3) is 0 Å². The summed E-state index contributed by atoms with van der Waals surface area (Å²) < 4.78 is 0. The molecule has 1 aromatic rings. The summed E-state index contributed by atoms with van der Waals surface area (Å²) in [5, 5.41) is 10.1. The van der Waals surface area contributed by atoms with Crippen LogP contribution in [-0.2, 0) is 4.79 Å². The van der Waals surface area contributed by atoms with Crippen LogP contribution in [0.3, 0.4) is 0 Å². The van der Waals surface area contributed by atoms with Gasteiger partial charge in [-0.1, -0.05) is 23.7 Å². The highest BCUT2D eigenvalue weighted by molar-refractivity contribution is 14.0. The standard InChI is InChI=1S/C17H25ClN4O.HI/c1-17(2,3)22-15(23)10-20-16(19-4)21-14-9-13(14)11-6-5-7-12(18)8-11;/h5-8,13-14H,9-10H2,1-4H3,(H,22,23)(H2,19,20,21);1H. The summed E-state index contributed by atoms with van der Waals surface area (Å²) in [5.74, 6) is 1.03. The third kappa shape index (κ3) is 6.84. The number of hydrogen-bond acceptors (Lipinski definition) is 2. The molecule has 2 rings (SSSR count). The Morgan fingerprint density at radius 1 is 1.38 bits per heavy atom. The van der Waals surface area contributed by atoms with Crippen LogP contribution in [0.5, 0.6) is 0 Å². The number of benzene rings is 1. The average Bonchev–Trinajstić information content (AvgIpc) is 3.21. The van der Waals surface area contributed by atoms with E-state index in [0.29, 0.717) is 17.9 Å². The van der Waals surface area contributed by atoms with Crippen LogP contribution in [0, 0.1) is 0 Å². The molecule has 7 heteroatoms. The van der Waals surface area contributed by atoms with Crippen LogP contribution in [0.15, 0.2) is 29.3 Å². The minimum Gasteiger partial charge on any atom is -0.353 e. The number of nitrogens with zero attached hydrogens (tertiary/aromatic N) is 1. The third-order valence-electron chi connectivity index (χ3n) is 3.54. The number of carbonyl (C=O) groups is 1. The average molecular weight is 465 g/mol. The van der Waals surface area contributed by atoms with Gasteiger partial charge in [0, 0.05) is 29.6 Å². The molecule has 2 unspecified atom stereocenters. The first-order chi connectivity index (χ1) is 10.8. The fourth-order valence-corrected chi connectivity index (χ4v) is 2.66. The van der Waals surface area contributed by atoms with Crippen molar-refractivity contribution in [2.24, 2.45) is 4.99 Å². The Labute approximate surface area is 166 Å². The highest BCUT2D eigenvalue weighted by atomic mass is 127. The molecule has 1 saturated carbocycles. The first kappa shape index (κ1) is 21.0. The molecule has 0 radical (unpaired) electrons. The maximum Gasteiger partial charge on any atom is 0.239 e. The lowest BCUT2D eigenvalue weighted by atomic mass is 10.1. The minimum atomic E-state index is -0.232. The van der Waals surface area contributed by atoms with E-state index in [9.17, 15) is 4.79 Å². The second kappa shape index (κ2) is 8.89. The zero-order chi connectivity index (χ0) is 17.0. The van der Waals surface area contributed by atoms with Gasteiger partial charge in [-0.05, 0) is 44.9 Å². The van der Waals surface area contributed by atoms with Gasteiger partial charge < -0.3 is 16.0 Å². The molecule has 2 atom stereocenters. The molecule has 1 aliphatic carbocycles. The second-order valence-electron chi connectivity index (χ2n) is 6.87. The number of rotatable bonds is 4. The number of carbonyl (C=O) groups excluding carboxylic acids is 1. The monoisotopic (exact) mass is 464 g/mol. The number of nitrogens with one attached hydrogen (secondary N) is 3. The summed E-state index contributed by atoms with van der Waals surface area (Å²) in [6, 6.07) is 8.26. The molecule has 134 valence electrons. The molecule has 5 nitrogen and oxygen atoms in total. The zero-order valence-corrected chi connectivity index (χ0v) is 17.6. The Hall–Kier alpha value is -1.02. The second-order valence-corrected chi connectivity index (χ2v) is 7.31. The van der Waals surface area contributed by atoms with E-state index >= 15 is 0 Å². The van der Waals surface area contributed by atoms with Gasteiger partial charge in [0.1, 0.15) is 0 Å². The molecule has 1 fully saturated rings. The topological polar surface area (TPSA) is 65.5 Å². The lowest BCUT2D eigenvalue weighted by molar-refractivity contribution is -0.121. The highest BCUT2D eigenvalue weighted by Gasteiger charge is 2.39. The number of amides is 1. The van der Waals surface area contributed by atoms with Crippen LogP contribution >= 0.6 is 35.6 Å². The number of hydrogen-bond donors (Lipinski definition) is 3. The maximum atomic E-state index is 11.8. The molecule has 0 saturated heterocycles. The zero-order valence-electron chi connectivity index (χ0n) is 14.5. The van der Waals surface area contributed by atoms with E-state index in [1.54, 1.807) is 7.05 Å². The van der Waals surface area contributed by atoms with E-state index in [4.69, 9.17) is 11.6 Å². The fourth-order valence-electron chi connectivity index (χ4n) is 2.46. The predicted molar refractivity (Wildman–Crippen MR) is 110 cm³/mol. The van der Waals surface area contributed by atoms with E-state index in [2.05, 4.69) is 27.0 Å². The van der Waals surface area contributed by atoms with Crippen LogP contribution in [0.2, 0.25) is 5.02 Å². The van der Waals surface area contributed by atoms with Crippen molar-refractivity contribution in [3.63, 3.8) is 0 Å². The van der Waals surface area contributed by atoms with Crippen molar-refractivity contribution >= 4 is 47.4 Å². The third-order valence-corrected chi connectivity index (χ3v) is 3.78. The normalized spacial score (nSPS) is 20.0. The van der Waals surface area contributed by atoms with Crippen molar-refractivity contribution in [1.82, 2.24) is 16.0 Å². The lowest BCUT2D eigenvalue weighted by Crippen LogP contribution is -2.48. The summed E-state index contributed by atoms with van der Waals surface area (Å²) >= 11 is 6.03. The lowest BCUT2D eigenvalue weighted by Gasteiger charge is -2.21. The van der Waals surface area contributed by atoms with Crippen molar-refractivity contribution in [1.29, 1.82) is 0 Å². The molecule has 1 amide bonds. The Kier molecular flexibility index (Phi) is 7.79. The number of aliphatic imine (C=N–C) groups is 1. The molecule has 0 aliphatic heterocycles. The van der Waals surface area contributed by atoms with Crippen LogP contribution < -0.4 is 16.0 Å². The van der Waals surface area contributed by atoms with Crippen LogP contribution in [0.4, 0.5) is 0 Å². The first-order valence-corrected chi connectivity index (χ1v) is 8.20. The van der Waals surface area contributed by atoms with E-state index in [-0.39, 0.29) is 42.0 Å². The Balaban J connectivity index is 0.00000288. The van der Waals surface area contributed by atoms with Crippen molar-refractivity contribution in [2.75, 3.05) is 13.6 Å². The molecule has 24 heavy (non-hydrogen) atoms. The molecule has 1 aromatic carbocycles. The first-order valence-electron chi connectivity index (χ1n) is 7.82. The van der Waals surface area contributed by atoms with E-state index in [1.807, 2.05) is 39.0 Å². The molecule has 0 aromatic heterocycles. The van der Waals surface area contributed by atoms with E-state index in [0.717, 1.165) is 11.4 Å². The van der Waals surface area contributed by atoms with E-state index in [1.165, 1.54) is 5.56 Å². The molecule has 3 N–H and O–H groups in total. The SMILES string of the molecule is CN=C(NCC(=O)NC(C)(C)C)NC1CC1c1cccc(Cl)c1.I. The van der Waals surface area contributed by atoms with Gasteiger partial charge in [-0.2, -0.15) is 0 Å². The molecular weight excluding hydrogens is 439 g/mol. The number of halogens is 2. The van der Waals surface area contributed by atoms with Gasteiger partial charge in [0.05, 0.1) is 6.54 Å². The van der Waals surface area contributed by atoms with Crippen LogP contribution in [0.1, 0.15) is 38.7 Å². The molecule has 0 spiro atoms. The summed E-state index contributed by atoms with van der Waals surface area (Å²) in [6.45, 7) is 6.07. The Morgan fingerprint density at radius 3 is 2.67 bits per heavy atom. The van der Waals surface area contributed by atoms with Gasteiger partial charge in [0.15, 0.2) is 5.96 Å². The molecular formula is C17H26ClIN4O. The smallest absolute Gasteiger partial charge is 0.239 e. The van der Waals surface area contributed by atoms with Gasteiger partial charge in [-0.25, -0.2) is 0 Å². The van der Waals surface area contributed by atoms with Crippen LogP contribution in [-0.4, -0.2) is 37.0 Å². The van der Waals surface area contributed by atoms with Crippen molar-refractivity contribution in [2.45, 2.75) is 44.7 Å². The van der Waals surface area contributed by atoms with Gasteiger partial charge in [-0.3, -0.25) is 9.79 Å². The summed E-state index contributed by atoms with van der Waals surface area (Å²) in [6.07, 6.45) is 1.04. The van der Waals surface area contributed by atoms with Crippen molar-refractivity contribution < 1.29 is 4.79 Å². The van der Waals surface area contributed by atoms with Crippen molar-refractivity contribution in [3.05, 3.63) is 34.9 Å². The maximum absolute atomic E-state index is 11.8. The molecule has 0 heterocycles. The summed E-state index contributed by atoms with van der Waals surface area (Å²) in [7, 11) is 1.70. The minimum absolute atomic E-state index is 0. The van der Waals surface area contributed by atoms with E-state index < -0.39 is 0 Å². The quantitative estimate of drug-likeness (QED) is 0.365. The van der Waals surface area contributed by atoms with Crippen molar-refractivity contribution in [3.8, 4) is 0 Å². The summed E-state index contributed by atoms with van der Waals surface area (Å²) in [4.78, 5) is 16.0. The highest BCUT2D eigenvalue weighted by Crippen LogP contribution is 2.41. The fraction of sp³-hybridized carbons (Fsp3) is 0.529. The Bertz CT molecular complexity index is 600. The molecule has 0 bridgehead atoms. The largest absolute Gasteiger partial charge is 0.353 e. The van der Waals surface area contributed by atoms with Crippen LogP contribution in [0.25, 0.3) is 0 Å². The number of guanidine groups is 1. The summed E-state index contributed by atoms with van der Waals surface area (Å²) in [5.41, 5.74) is 1.00. The van der Waals surface area contributed by atoms with Gasteiger partial charge >= 0.3 is 0 Å². The Morgan fingerprint density at radius 2 is 2.08 bits per heavy atom. The van der Waals surface area contributed by atoms with Gasteiger partial charge in [0.2, 0.25) is 5.91 Å². The van der Waals surface area contributed by atoms with Gasteiger partial charge in [-0.15, -0.1) is 24.0 Å². The molecule has 1 aliphatic rings. The predicted octanol–water partition coefficient (Wildman–Crippen LogP) is 2.89.